The van der Waals surface area contributed by atoms with Crippen molar-refractivity contribution in [2.45, 2.75) is 58.3 Å². The highest BCUT2D eigenvalue weighted by atomic mass is 16.5. The topological polar surface area (TPSA) is 43.4 Å². The molecule has 1 N–H and O–H groups in total. The van der Waals surface area contributed by atoms with Gasteiger partial charge in [-0.3, -0.25) is 4.98 Å². The van der Waals surface area contributed by atoms with Crippen molar-refractivity contribution in [3.63, 3.8) is 0 Å². The third-order valence-corrected chi connectivity index (χ3v) is 4.26. The molecule has 0 spiro atoms. The monoisotopic (exact) mass is 278 g/mol. The molecule has 4 heteroatoms. The van der Waals surface area contributed by atoms with Crippen LogP contribution in [-0.4, -0.2) is 31.3 Å². The third-order valence-electron chi connectivity index (χ3n) is 4.26. The summed E-state index contributed by atoms with van der Waals surface area (Å²) in [6.07, 6.45) is 7.04. The van der Waals surface area contributed by atoms with Gasteiger partial charge in [-0.2, -0.15) is 0 Å². The van der Waals surface area contributed by atoms with Crippen molar-refractivity contribution in [3.05, 3.63) is 23.0 Å². The number of nitrogens with zero attached hydrogens (tertiary/aromatic N) is 1. The molecule has 0 radical (unpaired) electrons. The Morgan fingerprint density at radius 1 is 1.30 bits per heavy atom. The Morgan fingerprint density at radius 2 is 2.05 bits per heavy atom. The zero-order valence-electron chi connectivity index (χ0n) is 13.0. The molecule has 1 aromatic rings. The molecule has 1 aliphatic rings. The summed E-state index contributed by atoms with van der Waals surface area (Å²) in [5, 5.41) is 3.37. The fourth-order valence-corrected chi connectivity index (χ4v) is 3.03. The molecule has 0 amide bonds. The first kappa shape index (κ1) is 15.3. The molecular formula is C16H26N2O2. The van der Waals surface area contributed by atoms with E-state index in [1.807, 2.05) is 27.1 Å². The summed E-state index contributed by atoms with van der Waals surface area (Å²) in [4.78, 5) is 4.50. The molecule has 0 aliphatic heterocycles. The third kappa shape index (κ3) is 3.30. The smallest absolute Gasteiger partial charge is 0.128 e. The molecule has 2 unspecified atom stereocenters. The summed E-state index contributed by atoms with van der Waals surface area (Å²) in [5.41, 5.74) is 3.14. The van der Waals surface area contributed by atoms with Crippen LogP contribution in [0.15, 0.2) is 6.20 Å². The maximum absolute atomic E-state index is 6.11. The number of hydrogen-bond donors (Lipinski definition) is 1. The SMILES string of the molecule is CNC1CCCCC1OCc1ncc(C)c(OC)c1C. The molecule has 4 nitrogen and oxygen atoms in total. The van der Waals surface area contributed by atoms with E-state index in [2.05, 4.69) is 10.3 Å². The Hall–Kier alpha value is -1.13. The van der Waals surface area contributed by atoms with E-state index in [9.17, 15) is 0 Å². The Morgan fingerprint density at radius 3 is 2.75 bits per heavy atom. The minimum Gasteiger partial charge on any atom is -0.496 e. The molecule has 0 bridgehead atoms. The van der Waals surface area contributed by atoms with E-state index in [1.54, 1.807) is 7.11 Å². The Balaban J connectivity index is 2.03. The van der Waals surface area contributed by atoms with E-state index < -0.39 is 0 Å². The van der Waals surface area contributed by atoms with Crippen LogP contribution in [0.5, 0.6) is 5.75 Å². The minimum absolute atomic E-state index is 0.294. The van der Waals surface area contributed by atoms with Crippen molar-refractivity contribution < 1.29 is 9.47 Å². The van der Waals surface area contributed by atoms with Crippen LogP contribution in [0.3, 0.4) is 0 Å². The van der Waals surface area contributed by atoms with Crippen molar-refractivity contribution in [3.8, 4) is 5.75 Å². The first-order valence-electron chi connectivity index (χ1n) is 7.45. The standard InChI is InChI=1S/C16H26N2O2/c1-11-9-18-14(12(2)16(11)19-4)10-20-15-8-6-5-7-13(15)17-3/h9,13,15,17H,5-8,10H2,1-4H3. The summed E-state index contributed by atoms with van der Waals surface area (Å²) >= 11 is 0. The molecule has 1 aromatic heterocycles. The molecule has 1 fully saturated rings. The maximum atomic E-state index is 6.11. The number of nitrogens with one attached hydrogen (secondary N) is 1. The number of methoxy groups -OCH3 is 1. The largest absolute Gasteiger partial charge is 0.496 e. The Bertz CT molecular complexity index is 448. The summed E-state index contributed by atoms with van der Waals surface area (Å²) in [7, 11) is 3.73. The number of likely N-dealkylation sites (N-methyl/N-ethyl adjacent to an activating group) is 1. The number of aromatic nitrogens is 1. The van der Waals surface area contributed by atoms with Crippen molar-refractivity contribution in [2.75, 3.05) is 14.2 Å². The molecule has 1 heterocycles. The number of hydrogen-bond acceptors (Lipinski definition) is 4. The molecule has 1 aliphatic carbocycles. The second kappa shape index (κ2) is 7.04. The fourth-order valence-electron chi connectivity index (χ4n) is 3.03. The zero-order chi connectivity index (χ0) is 14.5. The van der Waals surface area contributed by atoms with Crippen LogP contribution in [0, 0.1) is 13.8 Å². The van der Waals surface area contributed by atoms with E-state index in [4.69, 9.17) is 9.47 Å². The van der Waals surface area contributed by atoms with Crippen LogP contribution in [0.4, 0.5) is 0 Å². The van der Waals surface area contributed by atoms with Gasteiger partial charge >= 0.3 is 0 Å². The van der Waals surface area contributed by atoms with Gasteiger partial charge in [-0.1, -0.05) is 12.8 Å². The van der Waals surface area contributed by atoms with Crippen molar-refractivity contribution >= 4 is 0 Å². The molecule has 2 rings (SSSR count). The number of ether oxygens (including phenoxy) is 2. The van der Waals surface area contributed by atoms with Gasteiger partial charge in [-0.25, -0.2) is 0 Å². The zero-order valence-corrected chi connectivity index (χ0v) is 13.0. The molecule has 112 valence electrons. The Labute approximate surface area is 121 Å². The van der Waals surface area contributed by atoms with Gasteiger partial charge in [0.25, 0.3) is 0 Å². The van der Waals surface area contributed by atoms with Gasteiger partial charge in [-0.05, 0) is 33.7 Å². The predicted octanol–water partition coefficient (Wildman–Crippen LogP) is 2.75. The second-order valence-corrected chi connectivity index (χ2v) is 5.58. The van der Waals surface area contributed by atoms with Crippen molar-refractivity contribution in [1.29, 1.82) is 0 Å². The van der Waals surface area contributed by atoms with Gasteiger partial charge in [-0.15, -0.1) is 0 Å². The molecular weight excluding hydrogens is 252 g/mol. The summed E-state index contributed by atoms with van der Waals surface area (Å²) in [6.45, 7) is 4.63. The van der Waals surface area contributed by atoms with Gasteiger partial charge in [0, 0.05) is 23.4 Å². The van der Waals surface area contributed by atoms with Crippen molar-refractivity contribution in [2.24, 2.45) is 0 Å². The second-order valence-electron chi connectivity index (χ2n) is 5.58. The van der Waals surface area contributed by atoms with Crippen LogP contribution < -0.4 is 10.1 Å². The summed E-state index contributed by atoms with van der Waals surface area (Å²) in [6, 6.07) is 0.469. The lowest BCUT2D eigenvalue weighted by molar-refractivity contribution is -0.00529. The highest BCUT2D eigenvalue weighted by Gasteiger charge is 2.24. The van der Waals surface area contributed by atoms with E-state index >= 15 is 0 Å². The van der Waals surface area contributed by atoms with Gasteiger partial charge in [0.15, 0.2) is 0 Å². The van der Waals surface area contributed by atoms with Crippen LogP contribution >= 0.6 is 0 Å². The minimum atomic E-state index is 0.294. The maximum Gasteiger partial charge on any atom is 0.128 e. The molecule has 1 saturated carbocycles. The van der Waals surface area contributed by atoms with Crippen LogP contribution in [-0.2, 0) is 11.3 Å². The van der Waals surface area contributed by atoms with E-state index in [0.29, 0.717) is 18.8 Å². The summed E-state index contributed by atoms with van der Waals surface area (Å²) in [5.74, 6) is 0.924. The lowest BCUT2D eigenvalue weighted by atomic mass is 9.92. The lowest BCUT2D eigenvalue weighted by Crippen LogP contribution is -2.41. The quantitative estimate of drug-likeness (QED) is 0.899. The predicted molar refractivity (Wildman–Crippen MR) is 80.2 cm³/mol. The van der Waals surface area contributed by atoms with E-state index in [-0.39, 0.29) is 0 Å². The van der Waals surface area contributed by atoms with Crippen LogP contribution in [0.2, 0.25) is 0 Å². The van der Waals surface area contributed by atoms with Crippen molar-refractivity contribution in [1.82, 2.24) is 10.3 Å². The first-order valence-corrected chi connectivity index (χ1v) is 7.45. The highest BCUT2D eigenvalue weighted by molar-refractivity contribution is 5.40. The van der Waals surface area contributed by atoms with Gasteiger partial charge in [0.2, 0.25) is 0 Å². The number of rotatable bonds is 5. The number of aryl methyl sites for hydroxylation is 1. The van der Waals surface area contributed by atoms with E-state index in [1.165, 1.54) is 19.3 Å². The van der Waals surface area contributed by atoms with Gasteiger partial charge in [0.1, 0.15) is 5.75 Å². The van der Waals surface area contributed by atoms with Crippen LogP contribution in [0.25, 0.3) is 0 Å². The highest BCUT2D eigenvalue weighted by Crippen LogP contribution is 2.26. The van der Waals surface area contributed by atoms with Crippen LogP contribution in [0.1, 0.15) is 42.5 Å². The average molecular weight is 278 g/mol. The first-order chi connectivity index (χ1) is 9.67. The Kier molecular flexibility index (Phi) is 5.38. The van der Waals surface area contributed by atoms with Gasteiger partial charge < -0.3 is 14.8 Å². The van der Waals surface area contributed by atoms with Gasteiger partial charge in [0.05, 0.1) is 25.5 Å². The summed E-state index contributed by atoms with van der Waals surface area (Å²) < 4.78 is 11.6. The molecule has 2 atom stereocenters. The molecule has 0 saturated heterocycles. The molecule has 0 aromatic carbocycles. The number of pyridine rings is 1. The van der Waals surface area contributed by atoms with E-state index in [0.717, 1.165) is 29.0 Å². The molecule has 20 heavy (non-hydrogen) atoms. The fraction of sp³-hybridized carbons (Fsp3) is 0.688. The average Bonchev–Trinajstić information content (AvgIpc) is 2.47. The normalized spacial score (nSPS) is 22.8. The lowest BCUT2D eigenvalue weighted by Gasteiger charge is -2.31.